The lowest BCUT2D eigenvalue weighted by Crippen LogP contribution is -2.36. The van der Waals surface area contributed by atoms with Crippen molar-refractivity contribution in [2.24, 2.45) is 16.8 Å². The van der Waals surface area contributed by atoms with E-state index in [4.69, 9.17) is 9.47 Å². The van der Waals surface area contributed by atoms with Gasteiger partial charge in [0, 0.05) is 12.6 Å². The number of nitrogens with one attached hydrogen (secondary N) is 1. The first-order chi connectivity index (χ1) is 11.3. The summed E-state index contributed by atoms with van der Waals surface area (Å²) in [5, 5.41) is 4.29. The van der Waals surface area contributed by atoms with Crippen LogP contribution in [0.1, 0.15) is 51.4 Å². The fourth-order valence-corrected chi connectivity index (χ4v) is 5.36. The number of ether oxygens (including phenoxy) is 2. The summed E-state index contributed by atoms with van der Waals surface area (Å²) in [6.45, 7) is 1.37. The van der Waals surface area contributed by atoms with Gasteiger partial charge in [-0.3, -0.25) is 4.79 Å². The van der Waals surface area contributed by atoms with Crippen molar-refractivity contribution in [1.29, 1.82) is 0 Å². The zero-order chi connectivity index (χ0) is 15.6. The van der Waals surface area contributed by atoms with Gasteiger partial charge in [0.25, 0.3) is 5.91 Å². The largest absolute Gasteiger partial charge is 0.361 e. The summed E-state index contributed by atoms with van der Waals surface area (Å²) in [6.07, 6.45) is 9.27. The van der Waals surface area contributed by atoms with E-state index in [2.05, 4.69) is 10.3 Å². The molecular weight excluding hydrogens is 312 g/mol. The third-order valence-electron chi connectivity index (χ3n) is 5.61. The van der Waals surface area contributed by atoms with Crippen LogP contribution < -0.4 is 5.32 Å². The van der Waals surface area contributed by atoms with Gasteiger partial charge in [-0.2, -0.15) is 4.99 Å². The normalized spacial score (nSPS) is 39.7. The van der Waals surface area contributed by atoms with Gasteiger partial charge in [0.2, 0.25) is 0 Å². The van der Waals surface area contributed by atoms with Crippen molar-refractivity contribution < 1.29 is 14.3 Å². The van der Waals surface area contributed by atoms with E-state index in [0.717, 1.165) is 42.9 Å². The van der Waals surface area contributed by atoms with E-state index in [1.165, 1.54) is 32.1 Å². The van der Waals surface area contributed by atoms with Gasteiger partial charge in [-0.05, 0) is 56.8 Å². The summed E-state index contributed by atoms with van der Waals surface area (Å²) in [5.41, 5.74) is 0. The molecule has 23 heavy (non-hydrogen) atoms. The Bertz CT molecular complexity index is 478. The molecule has 2 bridgehead atoms. The van der Waals surface area contributed by atoms with E-state index in [-0.39, 0.29) is 17.4 Å². The molecule has 0 spiro atoms. The van der Waals surface area contributed by atoms with Gasteiger partial charge < -0.3 is 14.8 Å². The lowest BCUT2D eigenvalue weighted by atomic mass is 9.96. The number of aliphatic imine (C=N–C) groups is 1. The van der Waals surface area contributed by atoms with Crippen LogP contribution in [0.15, 0.2) is 4.99 Å². The number of hydrogen-bond acceptors (Lipinski definition) is 5. The van der Waals surface area contributed by atoms with Crippen molar-refractivity contribution in [1.82, 2.24) is 5.32 Å². The highest BCUT2D eigenvalue weighted by Gasteiger charge is 2.41. The van der Waals surface area contributed by atoms with Crippen molar-refractivity contribution in [3.8, 4) is 0 Å². The van der Waals surface area contributed by atoms with E-state index in [1.54, 1.807) is 11.8 Å². The Morgan fingerprint density at radius 3 is 2.96 bits per heavy atom. The molecule has 1 N–H and O–H groups in total. The van der Waals surface area contributed by atoms with Crippen molar-refractivity contribution >= 4 is 22.8 Å². The third kappa shape index (κ3) is 3.74. The van der Waals surface area contributed by atoms with E-state index in [9.17, 15) is 4.79 Å². The second kappa shape index (κ2) is 7.11. The minimum atomic E-state index is -0.0836. The standard InChI is InChI=1S/C17H26N2O3S/c20-16-14(6-8-22-15-3-1-2-7-21-15)23-17(19-16)18-13-10-11-4-5-12(13)9-11/h11-15H,1-10H2,(H,18,19,20)/t11-,12?,13+,14?,15?/m1/s1. The zero-order valence-corrected chi connectivity index (χ0v) is 14.4. The van der Waals surface area contributed by atoms with Gasteiger partial charge >= 0.3 is 0 Å². The highest BCUT2D eigenvalue weighted by Crippen LogP contribution is 2.44. The van der Waals surface area contributed by atoms with Gasteiger partial charge in [-0.25, -0.2) is 0 Å². The molecule has 0 aromatic rings. The molecule has 6 heteroatoms. The molecule has 1 amide bonds. The van der Waals surface area contributed by atoms with Crippen LogP contribution in [0, 0.1) is 11.8 Å². The first-order valence-electron chi connectivity index (χ1n) is 9.07. The number of fused-ring (bicyclic) bond motifs is 2. The second-order valence-corrected chi connectivity index (χ2v) is 8.43. The summed E-state index contributed by atoms with van der Waals surface area (Å²) in [6, 6.07) is 0.540. The van der Waals surface area contributed by atoms with Crippen molar-refractivity contribution in [2.75, 3.05) is 13.2 Å². The fraction of sp³-hybridized carbons (Fsp3) is 0.882. The fourth-order valence-electron chi connectivity index (χ4n) is 4.36. The van der Waals surface area contributed by atoms with Gasteiger partial charge in [-0.15, -0.1) is 0 Å². The van der Waals surface area contributed by atoms with Crippen molar-refractivity contribution in [2.45, 2.75) is 68.9 Å². The molecule has 128 valence electrons. The first-order valence-corrected chi connectivity index (χ1v) is 9.95. The Balaban J connectivity index is 1.19. The van der Waals surface area contributed by atoms with Crippen LogP contribution in [0.5, 0.6) is 0 Å². The Morgan fingerprint density at radius 2 is 2.22 bits per heavy atom. The summed E-state index contributed by atoms with van der Waals surface area (Å²) < 4.78 is 11.3. The number of thioether (sulfide) groups is 1. The molecule has 3 fully saturated rings. The predicted molar refractivity (Wildman–Crippen MR) is 90.4 cm³/mol. The lowest BCUT2D eigenvalue weighted by Gasteiger charge is -2.24. The molecule has 0 aromatic heterocycles. The van der Waals surface area contributed by atoms with Gasteiger partial charge in [0.1, 0.15) is 0 Å². The van der Waals surface area contributed by atoms with Crippen LogP contribution >= 0.6 is 11.8 Å². The SMILES string of the molecule is O=C1N=C(N[C@H]2C[C@@H]3CCC2C3)SC1CCOC1CCCCO1. The monoisotopic (exact) mass is 338 g/mol. The molecule has 2 saturated carbocycles. The summed E-state index contributed by atoms with van der Waals surface area (Å²) in [5.74, 6) is 1.69. The van der Waals surface area contributed by atoms with Crippen LogP contribution in [0.2, 0.25) is 0 Å². The number of hydrogen-bond donors (Lipinski definition) is 1. The molecule has 0 radical (unpaired) electrons. The first kappa shape index (κ1) is 15.9. The molecular formula is C17H26N2O3S. The molecule has 3 unspecified atom stereocenters. The predicted octanol–water partition coefficient (Wildman–Crippen LogP) is 2.70. The van der Waals surface area contributed by atoms with Crippen LogP contribution in [0.25, 0.3) is 0 Å². The third-order valence-corrected chi connectivity index (χ3v) is 6.76. The van der Waals surface area contributed by atoms with E-state index in [1.807, 2.05) is 0 Å². The van der Waals surface area contributed by atoms with Crippen molar-refractivity contribution in [3.05, 3.63) is 0 Å². The Labute approximate surface area is 142 Å². The maximum absolute atomic E-state index is 12.1. The quantitative estimate of drug-likeness (QED) is 0.835. The molecule has 5 atom stereocenters. The van der Waals surface area contributed by atoms with Crippen LogP contribution in [0.3, 0.4) is 0 Å². The number of carbonyl (C=O) groups is 1. The van der Waals surface area contributed by atoms with Crippen molar-refractivity contribution in [3.63, 3.8) is 0 Å². The van der Waals surface area contributed by atoms with Crippen LogP contribution in [-0.4, -0.2) is 41.9 Å². The summed E-state index contributed by atoms with van der Waals surface area (Å²) in [4.78, 5) is 16.3. The average Bonchev–Trinajstić information content (AvgIpc) is 3.25. The molecule has 2 aliphatic heterocycles. The molecule has 0 aromatic carbocycles. The number of rotatable bonds is 5. The van der Waals surface area contributed by atoms with E-state index in [0.29, 0.717) is 12.6 Å². The Hall–Kier alpha value is -0.590. The highest BCUT2D eigenvalue weighted by molar-refractivity contribution is 8.15. The molecule has 2 aliphatic carbocycles. The number of carbonyl (C=O) groups excluding carboxylic acids is 1. The molecule has 5 nitrogen and oxygen atoms in total. The van der Waals surface area contributed by atoms with Crippen LogP contribution in [0.4, 0.5) is 0 Å². The lowest BCUT2D eigenvalue weighted by molar-refractivity contribution is -0.163. The molecule has 1 saturated heterocycles. The number of amides is 1. The topological polar surface area (TPSA) is 59.9 Å². The number of nitrogens with zero attached hydrogens (tertiary/aromatic N) is 1. The maximum Gasteiger partial charge on any atom is 0.261 e. The average molecular weight is 338 g/mol. The van der Waals surface area contributed by atoms with Gasteiger partial charge in [0.05, 0.1) is 11.9 Å². The Kier molecular flexibility index (Phi) is 4.92. The second-order valence-electron chi connectivity index (χ2n) is 7.24. The Morgan fingerprint density at radius 1 is 1.26 bits per heavy atom. The maximum atomic E-state index is 12.1. The minimum absolute atomic E-state index is 0.00572. The minimum Gasteiger partial charge on any atom is -0.361 e. The number of amidine groups is 1. The summed E-state index contributed by atoms with van der Waals surface area (Å²) in [7, 11) is 0. The molecule has 4 rings (SSSR count). The molecule has 4 aliphatic rings. The van der Waals surface area contributed by atoms with Crippen LogP contribution in [-0.2, 0) is 14.3 Å². The summed E-state index contributed by atoms with van der Waals surface area (Å²) >= 11 is 1.59. The molecule has 2 heterocycles. The zero-order valence-electron chi connectivity index (χ0n) is 13.5. The highest BCUT2D eigenvalue weighted by atomic mass is 32.2. The van der Waals surface area contributed by atoms with Gasteiger partial charge in [-0.1, -0.05) is 18.2 Å². The smallest absolute Gasteiger partial charge is 0.261 e. The van der Waals surface area contributed by atoms with Gasteiger partial charge in [0.15, 0.2) is 11.5 Å². The van der Waals surface area contributed by atoms with E-state index < -0.39 is 0 Å². The van der Waals surface area contributed by atoms with E-state index >= 15 is 0 Å².